The summed E-state index contributed by atoms with van der Waals surface area (Å²) in [7, 11) is 0. The predicted molar refractivity (Wildman–Crippen MR) is 116 cm³/mol. The predicted octanol–water partition coefficient (Wildman–Crippen LogP) is 5.96. The number of amides is 1. The second-order valence-electron chi connectivity index (χ2n) is 6.70. The van der Waals surface area contributed by atoms with Crippen LogP contribution in [-0.2, 0) is 6.42 Å². The van der Waals surface area contributed by atoms with Crippen LogP contribution in [-0.4, -0.2) is 10.9 Å². The molecule has 4 heteroatoms. The lowest BCUT2D eigenvalue weighted by Crippen LogP contribution is -2.11. The van der Waals surface area contributed by atoms with Gasteiger partial charge in [-0.25, -0.2) is 4.98 Å². The number of thiazole rings is 1. The zero-order valence-corrected chi connectivity index (χ0v) is 16.4. The molecule has 0 unspecified atom stereocenters. The summed E-state index contributed by atoms with van der Waals surface area (Å²) in [6.45, 7) is 2.09. The minimum atomic E-state index is -0.143. The summed E-state index contributed by atoms with van der Waals surface area (Å²) < 4.78 is 0. The number of hydrogen-bond acceptors (Lipinski definition) is 3. The Morgan fingerprint density at radius 3 is 2.43 bits per heavy atom. The zero-order chi connectivity index (χ0) is 19.3. The molecule has 1 aromatic heterocycles. The highest BCUT2D eigenvalue weighted by molar-refractivity contribution is 7.15. The first-order valence-electron chi connectivity index (χ1n) is 9.14. The number of benzene rings is 3. The number of nitrogens with one attached hydrogen (secondary N) is 1. The van der Waals surface area contributed by atoms with E-state index in [2.05, 4.69) is 53.6 Å². The van der Waals surface area contributed by atoms with E-state index >= 15 is 0 Å². The molecule has 4 aromatic rings. The maximum atomic E-state index is 12.5. The molecule has 0 aliphatic rings. The topological polar surface area (TPSA) is 42.0 Å². The first kappa shape index (κ1) is 18.1. The Labute approximate surface area is 168 Å². The van der Waals surface area contributed by atoms with Gasteiger partial charge in [-0.05, 0) is 35.7 Å². The smallest absolute Gasteiger partial charge is 0.257 e. The number of hydrogen-bond donors (Lipinski definition) is 1. The molecule has 0 aliphatic carbocycles. The fraction of sp³-hybridized carbons (Fsp3) is 0.0833. The van der Waals surface area contributed by atoms with Crippen molar-refractivity contribution in [3.8, 4) is 11.1 Å². The van der Waals surface area contributed by atoms with Gasteiger partial charge in [0.25, 0.3) is 5.91 Å². The van der Waals surface area contributed by atoms with Crippen LogP contribution in [0.15, 0.2) is 85.1 Å². The standard InChI is InChI=1S/C24H20N2OS/c1-17-6-5-7-18(14-17)15-22-16-25-24(28-22)26-23(27)21-12-10-20(11-13-21)19-8-3-2-4-9-19/h2-14,16H,15H2,1H3,(H,25,26,27). The van der Waals surface area contributed by atoms with Crippen LogP contribution < -0.4 is 5.32 Å². The molecule has 0 bridgehead atoms. The summed E-state index contributed by atoms with van der Waals surface area (Å²) in [5.74, 6) is -0.143. The van der Waals surface area contributed by atoms with Crippen molar-refractivity contribution in [2.75, 3.05) is 5.32 Å². The Morgan fingerprint density at radius 2 is 1.68 bits per heavy atom. The van der Waals surface area contributed by atoms with E-state index in [0.29, 0.717) is 10.7 Å². The SMILES string of the molecule is Cc1cccc(Cc2cnc(NC(=O)c3ccc(-c4ccccc4)cc3)s2)c1. The van der Waals surface area contributed by atoms with Gasteiger partial charge >= 0.3 is 0 Å². The average Bonchev–Trinajstić information content (AvgIpc) is 3.15. The molecule has 0 atom stereocenters. The highest BCUT2D eigenvalue weighted by Crippen LogP contribution is 2.23. The molecule has 3 aromatic carbocycles. The molecule has 0 fully saturated rings. The number of aryl methyl sites for hydroxylation is 1. The largest absolute Gasteiger partial charge is 0.298 e. The summed E-state index contributed by atoms with van der Waals surface area (Å²) in [6, 6.07) is 26.2. The molecule has 4 rings (SSSR count). The van der Waals surface area contributed by atoms with Crippen molar-refractivity contribution in [1.82, 2.24) is 4.98 Å². The average molecular weight is 385 g/mol. The third-order valence-corrected chi connectivity index (χ3v) is 5.40. The number of rotatable bonds is 5. The normalized spacial score (nSPS) is 10.6. The van der Waals surface area contributed by atoms with Crippen LogP contribution in [0.5, 0.6) is 0 Å². The van der Waals surface area contributed by atoms with Crippen molar-refractivity contribution >= 4 is 22.4 Å². The molecular weight excluding hydrogens is 364 g/mol. The number of carbonyl (C=O) groups is 1. The van der Waals surface area contributed by atoms with E-state index in [9.17, 15) is 4.79 Å². The molecule has 3 nitrogen and oxygen atoms in total. The number of aromatic nitrogens is 1. The van der Waals surface area contributed by atoms with Gasteiger partial charge in [0.15, 0.2) is 5.13 Å². The van der Waals surface area contributed by atoms with E-state index in [4.69, 9.17) is 0 Å². The number of nitrogens with zero attached hydrogens (tertiary/aromatic N) is 1. The molecule has 0 saturated carbocycles. The Bertz CT molecular complexity index is 1090. The summed E-state index contributed by atoms with van der Waals surface area (Å²) in [5.41, 5.74) is 5.34. The van der Waals surface area contributed by atoms with Crippen LogP contribution in [0.1, 0.15) is 26.4 Å². The van der Waals surface area contributed by atoms with E-state index in [0.717, 1.165) is 22.4 Å². The Kier molecular flexibility index (Phi) is 5.31. The quantitative estimate of drug-likeness (QED) is 0.461. The first-order valence-corrected chi connectivity index (χ1v) is 9.96. The van der Waals surface area contributed by atoms with Crippen molar-refractivity contribution in [2.24, 2.45) is 0 Å². The fourth-order valence-electron chi connectivity index (χ4n) is 3.08. The van der Waals surface area contributed by atoms with Gasteiger partial charge < -0.3 is 0 Å². The van der Waals surface area contributed by atoms with Gasteiger partial charge in [-0.3, -0.25) is 10.1 Å². The molecular formula is C24H20N2OS. The minimum absolute atomic E-state index is 0.143. The third-order valence-electron chi connectivity index (χ3n) is 4.49. The summed E-state index contributed by atoms with van der Waals surface area (Å²) in [5, 5.41) is 3.53. The van der Waals surface area contributed by atoms with Crippen molar-refractivity contribution in [3.63, 3.8) is 0 Å². The van der Waals surface area contributed by atoms with E-state index < -0.39 is 0 Å². The Balaban J connectivity index is 1.42. The van der Waals surface area contributed by atoms with Gasteiger partial charge in [0.2, 0.25) is 0 Å². The van der Waals surface area contributed by atoms with Gasteiger partial charge in [-0.2, -0.15) is 0 Å². The summed E-state index contributed by atoms with van der Waals surface area (Å²) >= 11 is 1.51. The van der Waals surface area contributed by atoms with Crippen LogP contribution in [0, 0.1) is 6.92 Å². The lowest BCUT2D eigenvalue weighted by atomic mass is 10.0. The van der Waals surface area contributed by atoms with Gasteiger partial charge in [0, 0.05) is 23.1 Å². The van der Waals surface area contributed by atoms with Crippen molar-refractivity contribution in [3.05, 3.63) is 107 Å². The molecule has 0 aliphatic heterocycles. The van der Waals surface area contributed by atoms with Crippen LogP contribution >= 0.6 is 11.3 Å². The van der Waals surface area contributed by atoms with Crippen LogP contribution in [0.4, 0.5) is 5.13 Å². The second-order valence-corrected chi connectivity index (χ2v) is 7.81. The van der Waals surface area contributed by atoms with Crippen molar-refractivity contribution in [2.45, 2.75) is 13.3 Å². The highest BCUT2D eigenvalue weighted by atomic mass is 32.1. The van der Waals surface area contributed by atoms with E-state index in [1.165, 1.54) is 22.5 Å². The molecule has 1 heterocycles. The fourth-order valence-corrected chi connectivity index (χ4v) is 3.93. The minimum Gasteiger partial charge on any atom is -0.298 e. The molecule has 138 valence electrons. The van der Waals surface area contributed by atoms with Crippen molar-refractivity contribution in [1.29, 1.82) is 0 Å². The molecule has 1 N–H and O–H groups in total. The lowest BCUT2D eigenvalue weighted by molar-refractivity contribution is 0.102. The second kappa shape index (κ2) is 8.19. The van der Waals surface area contributed by atoms with E-state index in [-0.39, 0.29) is 5.91 Å². The van der Waals surface area contributed by atoms with Gasteiger partial charge in [-0.15, -0.1) is 11.3 Å². The maximum absolute atomic E-state index is 12.5. The Hall–Kier alpha value is -3.24. The van der Waals surface area contributed by atoms with Gasteiger partial charge in [0.1, 0.15) is 0 Å². The number of carbonyl (C=O) groups excluding carboxylic acids is 1. The van der Waals surface area contributed by atoms with E-state index in [1.807, 2.05) is 48.7 Å². The molecule has 0 spiro atoms. The van der Waals surface area contributed by atoms with Crippen molar-refractivity contribution < 1.29 is 4.79 Å². The third kappa shape index (κ3) is 4.35. The number of anilines is 1. The summed E-state index contributed by atoms with van der Waals surface area (Å²) in [6.07, 6.45) is 2.65. The van der Waals surface area contributed by atoms with Crippen LogP contribution in [0.2, 0.25) is 0 Å². The highest BCUT2D eigenvalue weighted by Gasteiger charge is 2.10. The Morgan fingerprint density at radius 1 is 0.929 bits per heavy atom. The maximum Gasteiger partial charge on any atom is 0.257 e. The molecule has 28 heavy (non-hydrogen) atoms. The van der Waals surface area contributed by atoms with E-state index in [1.54, 1.807) is 0 Å². The molecule has 1 amide bonds. The first-order chi connectivity index (χ1) is 13.7. The summed E-state index contributed by atoms with van der Waals surface area (Å²) in [4.78, 5) is 18.0. The zero-order valence-electron chi connectivity index (χ0n) is 15.6. The van der Waals surface area contributed by atoms with Gasteiger partial charge in [0.05, 0.1) is 0 Å². The molecule has 0 saturated heterocycles. The molecule has 0 radical (unpaired) electrons. The van der Waals surface area contributed by atoms with Crippen LogP contribution in [0.25, 0.3) is 11.1 Å². The van der Waals surface area contributed by atoms with Gasteiger partial charge in [-0.1, -0.05) is 72.3 Å². The van der Waals surface area contributed by atoms with Crippen LogP contribution in [0.3, 0.4) is 0 Å². The monoisotopic (exact) mass is 384 g/mol. The lowest BCUT2D eigenvalue weighted by Gasteiger charge is -2.04.